The summed E-state index contributed by atoms with van der Waals surface area (Å²) >= 11 is 6.35. The number of hydrogen-bond donors (Lipinski definition) is 0. The molecule has 0 bridgehead atoms. The molecule has 3 aromatic rings. The zero-order chi connectivity index (χ0) is 19.4. The summed E-state index contributed by atoms with van der Waals surface area (Å²) < 4.78 is 18.6. The predicted octanol–water partition coefficient (Wildman–Crippen LogP) is 4.97. The van der Waals surface area contributed by atoms with E-state index in [0.29, 0.717) is 24.8 Å². The molecule has 0 fully saturated rings. The Morgan fingerprint density at radius 3 is 2.56 bits per heavy atom. The predicted molar refractivity (Wildman–Crippen MR) is 104 cm³/mol. The lowest BCUT2D eigenvalue weighted by Crippen LogP contribution is -2.27. The highest BCUT2D eigenvalue weighted by Gasteiger charge is 2.14. The van der Waals surface area contributed by atoms with Gasteiger partial charge in [0.05, 0.1) is 12.1 Å². The molecule has 0 saturated heterocycles. The maximum Gasteiger partial charge on any atom is 0.220 e. The minimum absolute atomic E-state index is 0.0986. The minimum atomic E-state index is -0.306. The quantitative estimate of drug-likeness (QED) is 0.561. The van der Waals surface area contributed by atoms with E-state index in [0.717, 1.165) is 27.8 Å². The van der Waals surface area contributed by atoms with Gasteiger partial charge in [-0.3, -0.25) is 4.79 Å². The lowest BCUT2D eigenvalue weighted by atomic mass is 10.1. The molecule has 2 aromatic carbocycles. The normalized spacial score (nSPS) is 10.8. The second-order valence-corrected chi connectivity index (χ2v) is 6.59. The van der Waals surface area contributed by atoms with Crippen molar-refractivity contribution in [2.75, 3.05) is 6.61 Å². The summed E-state index contributed by atoms with van der Waals surface area (Å²) in [5, 5.41) is 1.25. The van der Waals surface area contributed by atoms with Crippen LogP contribution in [0, 0.1) is 5.82 Å². The van der Waals surface area contributed by atoms with Crippen molar-refractivity contribution in [3.05, 3.63) is 70.6 Å². The number of halogens is 2. The van der Waals surface area contributed by atoms with Gasteiger partial charge in [0.2, 0.25) is 5.91 Å². The standard InChI is InChI=1S/C21H20ClFN2O2/c1-3-27-19-8-9-20-16(11-19)10-17(21(22)24-20)13-25(14(2)26)12-15-4-6-18(23)7-5-15/h4-11H,3,12-13H2,1-2H3. The number of hydrogen-bond acceptors (Lipinski definition) is 3. The van der Waals surface area contributed by atoms with Crippen LogP contribution in [0.4, 0.5) is 4.39 Å². The average Bonchev–Trinajstić information content (AvgIpc) is 2.64. The van der Waals surface area contributed by atoms with Crippen molar-refractivity contribution in [3.63, 3.8) is 0 Å². The maximum atomic E-state index is 13.1. The number of rotatable bonds is 6. The van der Waals surface area contributed by atoms with E-state index in [2.05, 4.69) is 4.98 Å². The van der Waals surface area contributed by atoms with Crippen LogP contribution in [0.25, 0.3) is 10.9 Å². The second kappa shape index (κ2) is 8.35. The first-order valence-electron chi connectivity index (χ1n) is 8.68. The Kier molecular flexibility index (Phi) is 5.91. The average molecular weight is 387 g/mol. The van der Waals surface area contributed by atoms with Gasteiger partial charge in [0.15, 0.2) is 0 Å². The first-order chi connectivity index (χ1) is 13.0. The van der Waals surface area contributed by atoms with Crippen LogP contribution in [0.3, 0.4) is 0 Å². The third-order valence-corrected chi connectivity index (χ3v) is 4.54. The highest BCUT2D eigenvalue weighted by molar-refractivity contribution is 6.30. The van der Waals surface area contributed by atoms with Crippen LogP contribution in [-0.4, -0.2) is 22.4 Å². The Hall–Kier alpha value is -2.66. The maximum absolute atomic E-state index is 13.1. The summed E-state index contributed by atoms with van der Waals surface area (Å²) in [6.07, 6.45) is 0. The van der Waals surface area contributed by atoms with Crippen LogP contribution in [0.2, 0.25) is 5.15 Å². The van der Waals surface area contributed by atoms with E-state index in [9.17, 15) is 9.18 Å². The number of amides is 1. The molecule has 0 aliphatic heterocycles. The van der Waals surface area contributed by atoms with Crippen molar-refractivity contribution in [1.29, 1.82) is 0 Å². The molecule has 0 aliphatic carbocycles. The van der Waals surface area contributed by atoms with Crippen molar-refractivity contribution in [2.45, 2.75) is 26.9 Å². The number of pyridine rings is 1. The third-order valence-electron chi connectivity index (χ3n) is 4.22. The molecule has 1 heterocycles. The molecule has 0 spiro atoms. The number of nitrogens with zero attached hydrogens (tertiary/aromatic N) is 2. The van der Waals surface area contributed by atoms with Crippen molar-refractivity contribution in [3.8, 4) is 5.75 Å². The fraction of sp³-hybridized carbons (Fsp3) is 0.238. The molecular weight excluding hydrogens is 367 g/mol. The molecule has 140 valence electrons. The first-order valence-corrected chi connectivity index (χ1v) is 9.06. The Bertz CT molecular complexity index is 960. The fourth-order valence-corrected chi connectivity index (χ4v) is 3.04. The van der Waals surface area contributed by atoms with Crippen LogP contribution in [0.1, 0.15) is 25.0 Å². The van der Waals surface area contributed by atoms with Crippen LogP contribution in [-0.2, 0) is 17.9 Å². The summed E-state index contributed by atoms with van der Waals surface area (Å²) in [5.41, 5.74) is 2.35. The number of aromatic nitrogens is 1. The molecule has 1 aromatic heterocycles. The molecule has 1 amide bonds. The molecule has 0 aliphatic rings. The Morgan fingerprint density at radius 1 is 1.15 bits per heavy atom. The van der Waals surface area contributed by atoms with Gasteiger partial charge in [0, 0.05) is 31.0 Å². The topological polar surface area (TPSA) is 42.4 Å². The van der Waals surface area contributed by atoms with Gasteiger partial charge in [-0.1, -0.05) is 23.7 Å². The monoisotopic (exact) mass is 386 g/mol. The van der Waals surface area contributed by atoms with Gasteiger partial charge in [-0.25, -0.2) is 9.37 Å². The fourth-order valence-electron chi connectivity index (χ4n) is 2.84. The smallest absolute Gasteiger partial charge is 0.220 e. The van der Waals surface area contributed by atoms with Gasteiger partial charge < -0.3 is 9.64 Å². The van der Waals surface area contributed by atoms with E-state index in [1.54, 1.807) is 17.0 Å². The molecular formula is C21H20ClFN2O2. The largest absolute Gasteiger partial charge is 0.494 e. The van der Waals surface area contributed by atoms with Crippen molar-refractivity contribution < 1.29 is 13.9 Å². The summed E-state index contributed by atoms with van der Waals surface area (Å²) in [5.74, 6) is 0.355. The lowest BCUT2D eigenvalue weighted by Gasteiger charge is -2.22. The highest BCUT2D eigenvalue weighted by Crippen LogP contribution is 2.26. The molecule has 0 saturated carbocycles. The highest BCUT2D eigenvalue weighted by atomic mass is 35.5. The van der Waals surface area contributed by atoms with E-state index in [-0.39, 0.29) is 11.7 Å². The van der Waals surface area contributed by atoms with Crippen LogP contribution in [0.15, 0.2) is 48.5 Å². The third kappa shape index (κ3) is 4.74. The molecule has 4 nitrogen and oxygen atoms in total. The lowest BCUT2D eigenvalue weighted by molar-refractivity contribution is -0.130. The van der Waals surface area contributed by atoms with Crippen molar-refractivity contribution >= 4 is 28.4 Å². The van der Waals surface area contributed by atoms with Crippen LogP contribution >= 0.6 is 11.6 Å². The molecule has 0 atom stereocenters. The van der Waals surface area contributed by atoms with Gasteiger partial charge in [-0.05, 0) is 48.9 Å². The van der Waals surface area contributed by atoms with E-state index in [1.807, 2.05) is 31.2 Å². The second-order valence-electron chi connectivity index (χ2n) is 6.23. The van der Waals surface area contributed by atoms with E-state index in [1.165, 1.54) is 19.1 Å². The van der Waals surface area contributed by atoms with Gasteiger partial charge in [0.25, 0.3) is 0 Å². The van der Waals surface area contributed by atoms with E-state index >= 15 is 0 Å². The number of fused-ring (bicyclic) bond motifs is 1. The number of ether oxygens (including phenoxy) is 1. The molecule has 3 rings (SSSR count). The zero-order valence-corrected chi connectivity index (χ0v) is 16.0. The number of carbonyl (C=O) groups excluding carboxylic acids is 1. The number of carbonyl (C=O) groups is 1. The van der Waals surface area contributed by atoms with E-state index < -0.39 is 0 Å². The summed E-state index contributed by atoms with van der Waals surface area (Å²) in [6, 6.07) is 13.6. The Labute approximate surface area is 162 Å². The van der Waals surface area contributed by atoms with Crippen LogP contribution < -0.4 is 4.74 Å². The van der Waals surface area contributed by atoms with Gasteiger partial charge in [-0.15, -0.1) is 0 Å². The Balaban J connectivity index is 1.88. The van der Waals surface area contributed by atoms with Crippen molar-refractivity contribution in [2.24, 2.45) is 0 Å². The minimum Gasteiger partial charge on any atom is -0.494 e. The molecule has 0 unspecified atom stereocenters. The van der Waals surface area contributed by atoms with Gasteiger partial charge in [0.1, 0.15) is 16.7 Å². The van der Waals surface area contributed by atoms with Crippen LogP contribution in [0.5, 0.6) is 5.75 Å². The van der Waals surface area contributed by atoms with Crippen molar-refractivity contribution in [1.82, 2.24) is 9.88 Å². The summed E-state index contributed by atoms with van der Waals surface area (Å²) in [7, 11) is 0. The van der Waals surface area contributed by atoms with Gasteiger partial charge in [-0.2, -0.15) is 0 Å². The zero-order valence-electron chi connectivity index (χ0n) is 15.2. The van der Waals surface area contributed by atoms with E-state index in [4.69, 9.17) is 16.3 Å². The first kappa shape index (κ1) is 19.1. The van der Waals surface area contributed by atoms with Gasteiger partial charge >= 0.3 is 0 Å². The SMILES string of the molecule is CCOc1ccc2nc(Cl)c(CN(Cc3ccc(F)cc3)C(C)=O)cc2c1. The number of benzene rings is 2. The summed E-state index contributed by atoms with van der Waals surface area (Å²) in [6.45, 7) is 4.68. The molecule has 0 radical (unpaired) electrons. The molecule has 6 heteroatoms. The Morgan fingerprint density at radius 2 is 1.89 bits per heavy atom. The molecule has 0 N–H and O–H groups in total. The molecule has 27 heavy (non-hydrogen) atoms. The summed E-state index contributed by atoms with van der Waals surface area (Å²) in [4.78, 5) is 18.2.